The number of piperazine rings is 1. The van der Waals surface area contributed by atoms with Crippen LogP contribution in [0, 0.1) is 0 Å². The standard InChI is InChI=1S/C27H30Cl2N4O/c1-2-3-4-8-26-30-14-13-25(31-26)20-9-11-21(12-10-20)32-15-17-33(18-16-32)27(34)19-22-23(28)6-5-7-24(22)29/h5-7,9-14H,2-4,8,15-19H2,1H3. The fraction of sp³-hybridized carbons (Fsp3) is 0.370. The number of amides is 1. The predicted molar refractivity (Wildman–Crippen MR) is 140 cm³/mol. The summed E-state index contributed by atoms with van der Waals surface area (Å²) in [6.45, 7) is 5.13. The number of halogens is 2. The topological polar surface area (TPSA) is 49.3 Å². The van der Waals surface area contributed by atoms with E-state index < -0.39 is 0 Å². The van der Waals surface area contributed by atoms with Crippen LogP contribution in [0.15, 0.2) is 54.7 Å². The minimum Gasteiger partial charge on any atom is -0.368 e. The third-order valence-corrected chi connectivity index (χ3v) is 6.97. The lowest BCUT2D eigenvalue weighted by Crippen LogP contribution is -2.49. The zero-order valence-corrected chi connectivity index (χ0v) is 21.0. The molecule has 0 radical (unpaired) electrons. The lowest BCUT2D eigenvalue weighted by molar-refractivity contribution is -0.130. The van der Waals surface area contributed by atoms with Crippen LogP contribution < -0.4 is 4.90 Å². The van der Waals surface area contributed by atoms with Crippen molar-refractivity contribution in [1.29, 1.82) is 0 Å². The molecule has 1 saturated heterocycles. The number of rotatable bonds is 8. The van der Waals surface area contributed by atoms with Crippen LogP contribution in [0.1, 0.15) is 37.6 Å². The number of carbonyl (C=O) groups is 1. The van der Waals surface area contributed by atoms with Crippen LogP contribution in [0.3, 0.4) is 0 Å². The summed E-state index contributed by atoms with van der Waals surface area (Å²) >= 11 is 12.5. The molecule has 0 atom stereocenters. The number of aryl methyl sites for hydroxylation is 1. The molecule has 0 unspecified atom stereocenters. The van der Waals surface area contributed by atoms with Gasteiger partial charge in [0.15, 0.2) is 0 Å². The Labute approximate surface area is 211 Å². The average Bonchev–Trinajstić information content (AvgIpc) is 2.87. The number of hydrogen-bond donors (Lipinski definition) is 0. The fourth-order valence-electron chi connectivity index (χ4n) is 4.23. The summed E-state index contributed by atoms with van der Waals surface area (Å²) < 4.78 is 0. The maximum Gasteiger partial charge on any atom is 0.227 e. The Morgan fingerprint density at radius 3 is 2.32 bits per heavy atom. The highest BCUT2D eigenvalue weighted by Crippen LogP contribution is 2.26. The minimum atomic E-state index is 0.0588. The van der Waals surface area contributed by atoms with Crippen LogP contribution in [0.5, 0.6) is 0 Å². The Morgan fingerprint density at radius 1 is 0.941 bits per heavy atom. The number of hydrogen-bond acceptors (Lipinski definition) is 4. The molecule has 34 heavy (non-hydrogen) atoms. The SMILES string of the molecule is CCCCCc1nccc(-c2ccc(N3CCN(C(=O)Cc4c(Cl)cccc4Cl)CC3)cc2)n1. The van der Waals surface area contributed by atoms with Crippen molar-refractivity contribution >= 4 is 34.8 Å². The largest absolute Gasteiger partial charge is 0.368 e. The molecule has 7 heteroatoms. The molecule has 0 aliphatic carbocycles. The van der Waals surface area contributed by atoms with E-state index in [1.165, 1.54) is 12.8 Å². The number of benzene rings is 2. The highest BCUT2D eigenvalue weighted by Gasteiger charge is 2.23. The van der Waals surface area contributed by atoms with Crippen molar-refractivity contribution in [1.82, 2.24) is 14.9 Å². The van der Waals surface area contributed by atoms with Gasteiger partial charge in [-0.2, -0.15) is 0 Å². The molecule has 3 aromatic rings. The average molecular weight is 497 g/mol. The van der Waals surface area contributed by atoms with Gasteiger partial charge in [0.2, 0.25) is 5.91 Å². The Morgan fingerprint density at radius 2 is 1.65 bits per heavy atom. The molecule has 2 heterocycles. The molecule has 1 aromatic heterocycles. The number of anilines is 1. The normalized spacial score (nSPS) is 13.9. The molecule has 178 valence electrons. The quantitative estimate of drug-likeness (QED) is 0.354. The summed E-state index contributed by atoms with van der Waals surface area (Å²) in [6.07, 6.45) is 6.52. The van der Waals surface area contributed by atoms with Crippen LogP contribution in [0.25, 0.3) is 11.3 Å². The van der Waals surface area contributed by atoms with Crippen LogP contribution in [0.2, 0.25) is 10.0 Å². The molecule has 1 aliphatic rings. The van der Waals surface area contributed by atoms with E-state index in [0.29, 0.717) is 28.7 Å². The van der Waals surface area contributed by atoms with Gasteiger partial charge >= 0.3 is 0 Å². The Balaban J connectivity index is 1.33. The van der Waals surface area contributed by atoms with Crippen molar-refractivity contribution in [2.24, 2.45) is 0 Å². The van der Waals surface area contributed by atoms with Gasteiger partial charge in [0.1, 0.15) is 5.82 Å². The Bertz CT molecular complexity index is 1090. The van der Waals surface area contributed by atoms with Crippen LogP contribution >= 0.6 is 23.2 Å². The van der Waals surface area contributed by atoms with Crippen molar-refractivity contribution in [2.75, 3.05) is 31.1 Å². The fourth-order valence-corrected chi connectivity index (χ4v) is 4.77. The van der Waals surface area contributed by atoms with E-state index in [1.54, 1.807) is 18.2 Å². The molecule has 1 fully saturated rings. The van der Waals surface area contributed by atoms with Gasteiger partial charge in [-0.25, -0.2) is 9.97 Å². The summed E-state index contributed by atoms with van der Waals surface area (Å²) in [6, 6.07) is 15.8. The Kier molecular flexibility index (Phi) is 8.41. The van der Waals surface area contributed by atoms with Gasteiger partial charge < -0.3 is 9.80 Å². The van der Waals surface area contributed by atoms with E-state index in [4.69, 9.17) is 28.2 Å². The molecule has 5 nitrogen and oxygen atoms in total. The summed E-state index contributed by atoms with van der Waals surface area (Å²) in [5.74, 6) is 0.970. The molecular weight excluding hydrogens is 467 g/mol. The molecule has 0 saturated carbocycles. The predicted octanol–water partition coefficient (Wildman–Crippen LogP) is 6.07. The van der Waals surface area contributed by atoms with E-state index in [-0.39, 0.29) is 12.3 Å². The van der Waals surface area contributed by atoms with Crippen LogP contribution in [0.4, 0.5) is 5.69 Å². The van der Waals surface area contributed by atoms with Gasteiger partial charge in [0, 0.05) is 60.1 Å². The molecule has 4 rings (SSSR count). The van der Waals surface area contributed by atoms with Crippen LogP contribution in [-0.2, 0) is 17.6 Å². The maximum atomic E-state index is 12.8. The lowest BCUT2D eigenvalue weighted by atomic mass is 10.1. The minimum absolute atomic E-state index is 0.0588. The van der Waals surface area contributed by atoms with Gasteiger partial charge in [-0.05, 0) is 42.3 Å². The third-order valence-electron chi connectivity index (χ3n) is 6.26. The Hall–Kier alpha value is -2.63. The molecule has 1 aliphatic heterocycles. The van der Waals surface area contributed by atoms with E-state index in [2.05, 4.69) is 41.1 Å². The highest BCUT2D eigenvalue weighted by atomic mass is 35.5. The van der Waals surface area contributed by atoms with Gasteiger partial charge in [0.25, 0.3) is 0 Å². The number of carbonyl (C=O) groups excluding carboxylic acids is 1. The van der Waals surface area contributed by atoms with Gasteiger partial charge in [-0.3, -0.25) is 4.79 Å². The van der Waals surface area contributed by atoms with E-state index in [0.717, 1.165) is 48.7 Å². The molecule has 2 aromatic carbocycles. The maximum absolute atomic E-state index is 12.8. The van der Waals surface area contributed by atoms with Crippen molar-refractivity contribution in [2.45, 2.75) is 39.0 Å². The zero-order valence-electron chi connectivity index (χ0n) is 19.5. The smallest absolute Gasteiger partial charge is 0.227 e. The highest BCUT2D eigenvalue weighted by molar-refractivity contribution is 6.36. The summed E-state index contributed by atoms with van der Waals surface area (Å²) in [4.78, 5) is 26.2. The monoisotopic (exact) mass is 496 g/mol. The molecular formula is C27H30Cl2N4O. The summed E-state index contributed by atoms with van der Waals surface area (Å²) in [7, 11) is 0. The summed E-state index contributed by atoms with van der Waals surface area (Å²) in [5.41, 5.74) is 3.91. The summed E-state index contributed by atoms with van der Waals surface area (Å²) in [5, 5.41) is 1.08. The molecule has 0 N–H and O–H groups in total. The van der Waals surface area contributed by atoms with Crippen molar-refractivity contribution in [3.63, 3.8) is 0 Å². The number of nitrogens with zero attached hydrogens (tertiary/aromatic N) is 4. The van der Waals surface area contributed by atoms with Gasteiger partial charge in [-0.1, -0.05) is 61.2 Å². The first-order chi connectivity index (χ1) is 16.5. The second-order valence-electron chi connectivity index (χ2n) is 8.61. The van der Waals surface area contributed by atoms with Gasteiger partial charge in [-0.15, -0.1) is 0 Å². The van der Waals surface area contributed by atoms with Gasteiger partial charge in [0.05, 0.1) is 12.1 Å². The first-order valence-electron chi connectivity index (χ1n) is 11.9. The first-order valence-corrected chi connectivity index (χ1v) is 12.7. The number of unbranched alkanes of at least 4 members (excludes halogenated alkanes) is 2. The lowest BCUT2D eigenvalue weighted by Gasteiger charge is -2.36. The van der Waals surface area contributed by atoms with Crippen molar-refractivity contribution in [3.05, 3.63) is 76.2 Å². The second kappa shape index (κ2) is 11.7. The molecule has 1 amide bonds. The van der Waals surface area contributed by atoms with Crippen LogP contribution in [-0.4, -0.2) is 47.0 Å². The second-order valence-corrected chi connectivity index (χ2v) is 9.42. The number of aromatic nitrogens is 2. The van der Waals surface area contributed by atoms with Crippen molar-refractivity contribution in [3.8, 4) is 11.3 Å². The molecule has 0 spiro atoms. The zero-order chi connectivity index (χ0) is 23.9. The first kappa shape index (κ1) is 24.5. The molecule has 0 bridgehead atoms. The van der Waals surface area contributed by atoms with E-state index in [1.807, 2.05) is 17.2 Å². The van der Waals surface area contributed by atoms with E-state index in [9.17, 15) is 4.79 Å². The third kappa shape index (κ3) is 6.08. The van der Waals surface area contributed by atoms with E-state index >= 15 is 0 Å². The van der Waals surface area contributed by atoms with Crippen molar-refractivity contribution < 1.29 is 4.79 Å².